The van der Waals surface area contributed by atoms with Crippen molar-refractivity contribution in [1.29, 1.82) is 0 Å². The van der Waals surface area contributed by atoms with Gasteiger partial charge in [-0.15, -0.1) is 0 Å². The van der Waals surface area contributed by atoms with Crippen molar-refractivity contribution in [3.8, 4) is 0 Å². The lowest BCUT2D eigenvalue weighted by Gasteiger charge is -2.29. The summed E-state index contributed by atoms with van der Waals surface area (Å²) in [4.78, 5) is 7.41. The highest BCUT2D eigenvalue weighted by Gasteiger charge is 2.25. The van der Waals surface area contributed by atoms with E-state index < -0.39 is 0 Å². The number of rotatable bonds is 3. The smallest absolute Gasteiger partial charge is 0.165 e. The molecule has 0 spiro atoms. The van der Waals surface area contributed by atoms with Gasteiger partial charge in [-0.25, -0.2) is 4.98 Å². The summed E-state index contributed by atoms with van der Waals surface area (Å²) < 4.78 is 0. The Hall–Kier alpha value is -0.480. The SMILES string of the molecule is CNC1CCCCC1Sc1ncc[nH]1. The maximum atomic E-state index is 4.26. The molecule has 3 nitrogen and oxygen atoms in total. The molecule has 78 valence electrons. The van der Waals surface area contributed by atoms with Crippen LogP contribution in [0.5, 0.6) is 0 Å². The van der Waals surface area contributed by atoms with Crippen molar-refractivity contribution < 1.29 is 0 Å². The van der Waals surface area contributed by atoms with Crippen LogP contribution in [0.25, 0.3) is 0 Å². The molecular formula is C10H17N3S. The zero-order valence-corrected chi connectivity index (χ0v) is 9.31. The maximum Gasteiger partial charge on any atom is 0.165 e. The van der Waals surface area contributed by atoms with Gasteiger partial charge >= 0.3 is 0 Å². The molecule has 1 heterocycles. The first-order chi connectivity index (χ1) is 6.90. The van der Waals surface area contributed by atoms with E-state index in [2.05, 4.69) is 22.3 Å². The Morgan fingerprint density at radius 2 is 2.36 bits per heavy atom. The predicted octanol–water partition coefficient (Wildman–Crippen LogP) is 2.03. The van der Waals surface area contributed by atoms with Crippen molar-refractivity contribution in [3.05, 3.63) is 12.4 Å². The maximum absolute atomic E-state index is 4.26. The molecule has 2 atom stereocenters. The van der Waals surface area contributed by atoms with Crippen LogP contribution in [0.15, 0.2) is 17.6 Å². The van der Waals surface area contributed by atoms with E-state index in [1.807, 2.05) is 24.2 Å². The summed E-state index contributed by atoms with van der Waals surface area (Å²) in [6, 6.07) is 0.652. The second-order valence-corrected chi connectivity index (χ2v) is 4.96. The standard InChI is InChI=1S/C10H17N3S/c1-11-8-4-2-3-5-9(8)14-10-12-6-7-13-10/h6-9,11H,2-5H2,1H3,(H,12,13). The van der Waals surface area contributed by atoms with Gasteiger partial charge in [0.15, 0.2) is 5.16 Å². The van der Waals surface area contributed by atoms with E-state index in [1.54, 1.807) is 0 Å². The van der Waals surface area contributed by atoms with E-state index in [0.29, 0.717) is 11.3 Å². The lowest BCUT2D eigenvalue weighted by Crippen LogP contribution is -2.38. The Bertz CT molecular complexity index is 260. The quantitative estimate of drug-likeness (QED) is 0.803. The summed E-state index contributed by atoms with van der Waals surface area (Å²) in [5.41, 5.74) is 0. The normalized spacial score (nSPS) is 27.8. The highest BCUT2D eigenvalue weighted by atomic mass is 32.2. The predicted molar refractivity (Wildman–Crippen MR) is 59.5 cm³/mol. The Balaban J connectivity index is 1.94. The van der Waals surface area contributed by atoms with Crippen molar-refractivity contribution in [2.45, 2.75) is 42.1 Å². The number of nitrogens with one attached hydrogen (secondary N) is 2. The van der Waals surface area contributed by atoms with Crippen molar-refractivity contribution in [3.63, 3.8) is 0 Å². The Labute approximate surface area is 89.1 Å². The molecule has 4 heteroatoms. The third kappa shape index (κ3) is 2.30. The van der Waals surface area contributed by atoms with E-state index in [4.69, 9.17) is 0 Å². The van der Waals surface area contributed by atoms with Gasteiger partial charge in [0.2, 0.25) is 0 Å². The summed E-state index contributed by atoms with van der Waals surface area (Å²) in [5.74, 6) is 0. The van der Waals surface area contributed by atoms with Gasteiger partial charge in [-0.3, -0.25) is 0 Å². The molecule has 0 saturated heterocycles. The van der Waals surface area contributed by atoms with Gasteiger partial charge in [-0.1, -0.05) is 24.6 Å². The Morgan fingerprint density at radius 1 is 1.50 bits per heavy atom. The minimum Gasteiger partial charge on any atom is -0.340 e. The minimum absolute atomic E-state index is 0.652. The molecule has 0 aliphatic heterocycles. The zero-order chi connectivity index (χ0) is 9.80. The van der Waals surface area contributed by atoms with Gasteiger partial charge in [0.05, 0.1) is 0 Å². The second kappa shape index (κ2) is 4.84. The first-order valence-corrected chi connectivity index (χ1v) is 6.11. The molecule has 2 N–H and O–H groups in total. The minimum atomic E-state index is 0.652. The van der Waals surface area contributed by atoms with E-state index in [-0.39, 0.29) is 0 Å². The van der Waals surface area contributed by atoms with Gasteiger partial charge in [0, 0.05) is 23.7 Å². The summed E-state index contributed by atoms with van der Waals surface area (Å²) in [6.45, 7) is 0. The number of aromatic amines is 1. The monoisotopic (exact) mass is 211 g/mol. The van der Waals surface area contributed by atoms with Crippen LogP contribution < -0.4 is 5.32 Å². The van der Waals surface area contributed by atoms with Crippen LogP contribution in [0.1, 0.15) is 25.7 Å². The molecule has 14 heavy (non-hydrogen) atoms. The molecule has 1 saturated carbocycles. The largest absolute Gasteiger partial charge is 0.340 e. The Morgan fingerprint density at radius 3 is 3.07 bits per heavy atom. The van der Waals surface area contributed by atoms with Crippen LogP contribution in [-0.2, 0) is 0 Å². The van der Waals surface area contributed by atoms with Gasteiger partial charge in [-0.2, -0.15) is 0 Å². The lowest BCUT2D eigenvalue weighted by molar-refractivity contribution is 0.405. The van der Waals surface area contributed by atoms with Crippen LogP contribution in [0.3, 0.4) is 0 Å². The highest BCUT2D eigenvalue weighted by Crippen LogP contribution is 2.31. The zero-order valence-electron chi connectivity index (χ0n) is 8.49. The third-order valence-electron chi connectivity index (χ3n) is 2.81. The molecule has 2 rings (SSSR count). The molecular weight excluding hydrogens is 194 g/mol. The third-order valence-corrected chi connectivity index (χ3v) is 4.12. The van der Waals surface area contributed by atoms with E-state index in [9.17, 15) is 0 Å². The molecule has 1 aromatic rings. The molecule has 0 amide bonds. The molecule has 1 aliphatic carbocycles. The number of H-pyrrole nitrogens is 1. The molecule has 1 aromatic heterocycles. The van der Waals surface area contributed by atoms with E-state index in [1.165, 1.54) is 25.7 Å². The molecule has 2 unspecified atom stereocenters. The lowest BCUT2D eigenvalue weighted by atomic mass is 9.95. The van der Waals surface area contributed by atoms with Gasteiger partial charge < -0.3 is 10.3 Å². The van der Waals surface area contributed by atoms with Crippen LogP contribution in [-0.4, -0.2) is 28.3 Å². The number of hydrogen-bond donors (Lipinski definition) is 2. The number of thioether (sulfide) groups is 1. The highest BCUT2D eigenvalue weighted by molar-refractivity contribution is 7.99. The molecule has 1 aliphatic rings. The van der Waals surface area contributed by atoms with Crippen molar-refractivity contribution in [2.24, 2.45) is 0 Å². The first-order valence-electron chi connectivity index (χ1n) is 5.23. The number of hydrogen-bond acceptors (Lipinski definition) is 3. The fourth-order valence-corrected chi connectivity index (χ4v) is 3.29. The number of imidazole rings is 1. The van der Waals surface area contributed by atoms with Crippen LogP contribution in [0.2, 0.25) is 0 Å². The second-order valence-electron chi connectivity index (χ2n) is 3.73. The summed E-state index contributed by atoms with van der Waals surface area (Å²) >= 11 is 1.87. The van der Waals surface area contributed by atoms with Crippen molar-refractivity contribution in [2.75, 3.05) is 7.05 Å². The average molecular weight is 211 g/mol. The van der Waals surface area contributed by atoms with Crippen LogP contribution >= 0.6 is 11.8 Å². The Kier molecular flexibility index (Phi) is 3.48. The van der Waals surface area contributed by atoms with Crippen molar-refractivity contribution >= 4 is 11.8 Å². The summed E-state index contributed by atoms with van der Waals surface area (Å²) in [6.07, 6.45) is 9.03. The van der Waals surface area contributed by atoms with Crippen LogP contribution in [0.4, 0.5) is 0 Å². The average Bonchev–Trinajstić information content (AvgIpc) is 2.71. The van der Waals surface area contributed by atoms with Gasteiger partial charge in [-0.05, 0) is 19.9 Å². The number of aromatic nitrogens is 2. The molecule has 0 radical (unpaired) electrons. The molecule has 0 bridgehead atoms. The van der Waals surface area contributed by atoms with E-state index >= 15 is 0 Å². The van der Waals surface area contributed by atoms with Gasteiger partial charge in [0.1, 0.15) is 0 Å². The number of nitrogens with zero attached hydrogens (tertiary/aromatic N) is 1. The first kappa shape index (κ1) is 10.1. The van der Waals surface area contributed by atoms with E-state index in [0.717, 1.165) is 5.16 Å². The topological polar surface area (TPSA) is 40.7 Å². The molecule has 0 aromatic carbocycles. The summed E-state index contributed by atoms with van der Waals surface area (Å²) in [5, 5.41) is 5.14. The van der Waals surface area contributed by atoms with Gasteiger partial charge in [0.25, 0.3) is 0 Å². The van der Waals surface area contributed by atoms with Crippen LogP contribution in [0, 0.1) is 0 Å². The summed E-state index contributed by atoms with van der Waals surface area (Å²) in [7, 11) is 2.06. The van der Waals surface area contributed by atoms with Crippen molar-refractivity contribution in [1.82, 2.24) is 15.3 Å². The fraction of sp³-hybridized carbons (Fsp3) is 0.700. The fourth-order valence-electron chi connectivity index (χ4n) is 2.03. The molecule has 1 fully saturated rings.